The van der Waals surface area contributed by atoms with Crippen LogP contribution in [0.2, 0.25) is 0 Å². The number of nitrogens with zero attached hydrogens (tertiary/aromatic N) is 1. The Balaban J connectivity index is 2.00. The zero-order chi connectivity index (χ0) is 21.6. The molecule has 9 heteroatoms. The second-order valence-corrected chi connectivity index (χ2v) is 8.14. The summed E-state index contributed by atoms with van der Waals surface area (Å²) in [6.45, 7) is 3.42. The molecule has 0 atom stereocenters. The van der Waals surface area contributed by atoms with Gasteiger partial charge in [0.1, 0.15) is 0 Å². The maximum Gasteiger partial charge on any atom is 0.338 e. The predicted octanol–water partition coefficient (Wildman–Crippen LogP) is 2.53. The van der Waals surface area contributed by atoms with Crippen LogP contribution in [0.4, 0.5) is 5.69 Å². The lowest BCUT2D eigenvalue weighted by Gasteiger charge is -2.14. The van der Waals surface area contributed by atoms with Crippen molar-refractivity contribution in [3.63, 3.8) is 0 Å². The first-order valence-corrected chi connectivity index (χ1v) is 10.3. The molecular weight excluding hydrogens is 396 g/mol. The highest BCUT2D eigenvalue weighted by atomic mass is 32.2. The average Bonchev–Trinajstić information content (AvgIpc) is 2.72. The third kappa shape index (κ3) is 5.41. The molecule has 0 unspecified atom stereocenters. The SMILES string of the molecule is CCc1cccc(C)c1NC(=O)COC(=O)c1ccc(S(=O)(=O)N(C)OC)cc1. The van der Waals surface area contributed by atoms with Crippen molar-refractivity contribution in [1.29, 1.82) is 0 Å². The summed E-state index contributed by atoms with van der Waals surface area (Å²) in [5.74, 6) is -1.19. The molecule has 29 heavy (non-hydrogen) atoms. The summed E-state index contributed by atoms with van der Waals surface area (Å²) < 4.78 is 30.0. The topological polar surface area (TPSA) is 102 Å². The van der Waals surface area contributed by atoms with Gasteiger partial charge >= 0.3 is 5.97 Å². The number of anilines is 1. The molecule has 0 fully saturated rings. The van der Waals surface area contributed by atoms with Crippen LogP contribution >= 0.6 is 0 Å². The number of rotatable bonds is 8. The summed E-state index contributed by atoms with van der Waals surface area (Å²) in [5, 5.41) is 2.77. The lowest BCUT2D eigenvalue weighted by atomic mass is 10.1. The molecule has 1 N–H and O–H groups in total. The van der Waals surface area contributed by atoms with E-state index in [-0.39, 0.29) is 10.5 Å². The highest BCUT2D eigenvalue weighted by molar-refractivity contribution is 7.89. The Morgan fingerprint density at radius 2 is 1.76 bits per heavy atom. The number of aryl methyl sites for hydroxylation is 2. The van der Waals surface area contributed by atoms with Crippen molar-refractivity contribution in [2.45, 2.75) is 25.2 Å². The van der Waals surface area contributed by atoms with Crippen molar-refractivity contribution in [3.05, 3.63) is 59.2 Å². The lowest BCUT2D eigenvalue weighted by Crippen LogP contribution is -2.25. The highest BCUT2D eigenvalue weighted by Crippen LogP contribution is 2.21. The van der Waals surface area contributed by atoms with Crippen molar-refractivity contribution in [3.8, 4) is 0 Å². The maximum atomic E-state index is 12.2. The number of carbonyl (C=O) groups is 2. The van der Waals surface area contributed by atoms with Gasteiger partial charge in [0.2, 0.25) is 0 Å². The van der Waals surface area contributed by atoms with Crippen LogP contribution in [-0.4, -0.2) is 45.5 Å². The van der Waals surface area contributed by atoms with Gasteiger partial charge in [-0.2, -0.15) is 0 Å². The van der Waals surface area contributed by atoms with Gasteiger partial charge in [0, 0.05) is 12.7 Å². The second-order valence-electron chi connectivity index (χ2n) is 6.21. The standard InChI is InChI=1S/C20H24N2O6S/c1-5-15-8-6-7-14(2)19(15)21-18(23)13-28-20(24)16-9-11-17(12-10-16)29(25,26)22(3)27-4/h6-12H,5,13H2,1-4H3,(H,21,23). The molecule has 0 saturated heterocycles. The van der Waals surface area contributed by atoms with Crippen molar-refractivity contribution in [1.82, 2.24) is 4.47 Å². The molecule has 156 valence electrons. The van der Waals surface area contributed by atoms with E-state index < -0.39 is 28.5 Å². The highest BCUT2D eigenvalue weighted by Gasteiger charge is 2.21. The average molecular weight is 420 g/mol. The van der Waals surface area contributed by atoms with Crippen LogP contribution in [0.1, 0.15) is 28.4 Å². The van der Waals surface area contributed by atoms with Crippen LogP contribution in [0.5, 0.6) is 0 Å². The number of benzene rings is 2. The summed E-state index contributed by atoms with van der Waals surface area (Å²) in [6.07, 6.45) is 0.755. The van der Waals surface area contributed by atoms with Gasteiger partial charge in [-0.3, -0.25) is 9.63 Å². The molecule has 0 aromatic heterocycles. The fourth-order valence-electron chi connectivity index (χ4n) is 2.60. The number of esters is 1. The molecule has 0 heterocycles. The van der Waals surface area contributed by atoms with E-state index in [1.165, 1.54) is 38.4 Å². The molecule has 0 aliphatic heterocycles. The van der Waals surface area contributed by atoms with Gasteiger partial charge in [-0.25, -0.2) is 13.2 Å². The molecule has 1 amide bonds. The maximum absolute atomic E-state index is 12.2. The van der Waals surface area contributed by atoms with Crippen molar-refractivity contribution >= 4 is 27.6 Å². The molecular formula is C20H24N2O6S. The van der Waals surface area contributed by atoms with Gasteiger partial charge in [0.25, 0.3) is 15.9 Å². The minimum atomic E-state index is -3.81. The first-order valence-electron chi connectivity index (χ1n) is 8.89. The van der Waals surface area contributed by atoms with Gasteiger partial charge in [-0.1, -0.05) is 29.6 Å². The molecule has 8 nitrogen and oxygen atoms in total. The van der Waals surface area contributed by atoms with Gasteiger partial charge in [-0.05, 0) is 48.7 Å². The molecule has 2 rings (SSSR count). The van der Waals surface area contributed by atoms with Crippen molar-refractivity contribution in [2.24, 2.45) is 0 Å². The minimum Gasteiger partial charge on any atom is -0.452 e. The van der Waals surface area contributed by atoms with Crippen molar-refractivity contribution in [2.75, 3.05) is 26.1 Å². The van der Waals surface area contributed by atoms with Crippen LogP contribution in [0.15, 0.2) is 47.4 Å². The van der Waals surface area contributed by atoms with E-state index in [1.807, 2.05) is 32.0 Å². The first kappa shape index (κ1) is 22.5. The molecule has 0 radical (unpaired) electrons. The Hall–Kier alpha value is -2.75. The van der Waals surface area contributed by atoms with Crippen LogP contribution in [0, 0.1) is 6.92 Å². The van der Waals surface area contributed by atoms with Crippen LogP contribution in [-0.2, 0) is 30.8 Å². The summed E-state index contributed by atoms with van der Waals surface area (Å²) in [4.78, 5) is 29.0. The molecule has 2 aromatic rings. The summed E-state index contributed by atoms with van der Waals surface area (Å²) in [6, 6.07) is 10.9. The van der Waals surface area contributed by atoms with Crippen LogP contribution in [0.3, 0.4) is 0 Å². The molecule has 0 spiro atoms. The second kappa shape index (κ2) is 9.64. The quantitative estimate of drug-likeness (QED) is 0.520. The zero-order valence-corrected chi connectivity index (χ0v) is 17.6. The third-order valence-corrected chi connectivity index (χ3v) is 6.02. The number of hydrogen-bond acceptors (Lipinski definition) is 6. The summed E-state index contributed by atoms with van der Waals surface area (Å²) in [7, 11) is -1.32. The monoisotopic (exact) mass is 420 g/mol. The number of carbonyl (C=O) groups excluding carboxylic acids is 2. The Morgan fingerprint density at radius 3 is 2.34 bits per heavy atom. The summed E-state index contributed by atoms with van der Waals surface area (Å²) in [5.41, 5.74) is 2.75. The summed E-state index contributed by atoms with van der Waals surface area (Å²) >= 11 is 0. The number of ether oxygens (including phenoxy) is 1. The van der Waals surface area contributed by atoms with Crippen molar-refractivity contribution < 1.29 is 27.6 Å². The van der Waals surface area contributed by atoms with Gasteiger partial charge in [-0.15, -0.1) is 0 Å². The van der Waals surface area contributed by atoms with Crippen LogP contribution < -0.4 is 5.32 Å². The first-order chi connectivity index (χ1) is 13.7. The van der Waals surface area contributed by atoms with Gasteiger partial charge in [0.05, 0.1) is 17.6 Å². The number of nitrogens with one attached hydrogen (secondary N) is 1. The Bertz CT molecular complexity index is 987. The van der Waals surface area contributed by atoms with Gasteiger partial charge < -0.3 is 10.1 Å². The largest absolute Gasteiger partial charge is 0.452 e. The van der Waals surface area contributed by atoms with Crippen LogP contribution in [0.25, 0.3) is 0 Å². The van der Waals surface area contributed by atoms with E-state index >= 15 is 0 Å². The number of amides is 1. The third-order valence-electron chi connectivity index (χ3n) is 4.32. The van der Waals surface area contributed by atoms with E-state index in [4.69, 9.17) is 9.57 Å². The molecule has 0 saturated carbocycles. The molecule has 0 aliphatic rings. The molecule has 0 bridgehead atoms. The Morgan fingerprint density at radius 1 is 1.10 bits per heavy atom. The molecule has 0 aliphatic carbocycles. The van der Waals surface area contributed by atoms with E-state index in [0.717, 1.165) is 17.5 Å². The van der Waals surface area contributed by atoms with E-state index in [1.54, 1.807) is 0 Å². The number of sulfonamides is 1. The fourth-order valence-corrected chi connectivity index (χ4v) is 3.57. The zero-order valence-electron chi connectivity index (χ0n) is 16.8. The number of para-hydroxylation sites is 1. The molecule has 2 aromatic carbocycles. The van der Waals surface area contributed by atoms with E-state index in [9.17, 15) is 18.0 Å². The number of hydroxylamine groups is 1. The van der Waals surface area contributed by atoms with E-state index in [0.29, 0.717) is 10.2 Å². The minimum absolute atomic E-state index is 0.0391. The Labute approximate surface area is 170 Å². The lowest BCUT2D eigenvalue weighted by molar-refractivity contribution is -0.119. The van der Waals surface area contributed by atoms with Gasteiger partial charge in [0.15, 0.2) is 6.61 Å². The smallest absolute Gasteiger partial charge is 0.338 e. The predicted molar refractivity (Wildman–Crippen MR) is 108 cm³/mol. The number of hydrogen-bond donors (Lipinski definition) is 1. The van der Waals surface area contributed by atoms with E-state index in [2.05, 4.69) is 5.32 Å². The fraction of sp³-hybridized carbons (Fsp3) is 0.300. The normalized spacial score (nSPS) is 11.3. The Kier molecular flexibility index (Phi) is 7.49.